The Morgan fingerprint density at radius 3 is 2.50 bits per heavy atom. The molecule has 0 bridgehead atoms. The number of pyridine rings is 1. The highest BCUT2D eigenvalue weighted by Crippen LogP contribution is 2.13. The lowest BCUT2D eigenvalue weighted by atomic mass is 10.1. The molecule has 0 fully saturated rings. The molecule has 0 unspecified atom stereocenters. The molecule has 1 aromatic heterocycles. The summed E-state index contributed by atoms with van der Waals surface area (Å²) in [6, 6.07) is 1.91. The van der Waals surface area contributed by atoms with Gasteiger partial charge in [-0.2, -0.15) is 13.2 Å². The summed E-state index contributed by atoms with van der Waals surface area (Å²) >= 11 is 0. The number of aromatic nitrogens is 1. The molecule has 0 saturated heterocycles. The Balaban J connectivity index is 0.000000203. The summed E-state index contributed by atoms with van der Waals surface area (Å²) in [6.45, 7) is 0. The first kappa shape index (κ1) is 13.9. The van der Waals surface area contributed by atoms with E-state index in [1.54, 1.807) is 18.5 Å². The molecule has 0 aromatic carbocycles. The fourth-order valence-corrected chi connectivity index (χ4v) is 1.17. The highest BCUT2D eigenvalue weighted by atomic mass is 19.4. The number of nitrogens with zero attached hydrogens (tertiary/aromatic N) is 1. The van der Waals surface area contributed by atoms with Crippen molar-refractivity contribution in [2.75, 3.05) is 0 Å². The number of carbonyl (C=O) groups excluding carboxylic acids is 1. The van der Waals surface area contributed by atoms with Crippen molar-refractivity contribution in [3.05, 3.63) is 28.9 Å². The van der Waals surface area contributed by atoms with Crippen LogP contribution in [0.4, 0.5) is 13.2 Å². The van der Waals surface area contributed by atoms with Crippen LogP contribution in [0.1, 0.15) is 6.42 Å². The van der Waals surface area contributed by atoms with E-state index < -0.39 is 12.1 Å². The minimum Gasteiger partial charge on any atom is -0.475 e. The summed E-state index contributed by atoms with van der Waals surface area (Å²) < 4.78 is 31.7. The third-order valence-corrected chi connectivity index (χ3v) is 1.97. The summed E-state index contributed by atoms with van der Waals surface area (Å²) in [7, 11) is 0. The Kier molecular flexibility index (Phi) is 4.19. The Hall–Kier alpha value is -2.18. The number of carbonyl (C=O) groups is 2. The van der Waals surface area contributed by atoms with Crippen molar-refractivity contribution in [1.29, 1.82) is 0 Å². The van der Waals surface area contributed by atoms with Crippen LogP contribution >= 0.6 is 0 Å². The molecule has 4 nitrogen and oxygen atoms in total. The van der Waals surface area contributed by atoms with Gasteiger partial charge in [0.2, 0.25) is 0 Å². The number of fused-ring (bicyclic) bond motifs is 1. The highest BCUT2D eigenvalue weighted by Gasteiger charge is 2.38. The van der Waals surface area contributed by atoms with E-state index >= 15 is 0 Å². The number of ketones is 1. The van der Waals surface area contributed by atoms with Crippen molar-refractivity contribution in [2.24, 2.45) is 0 Å². The Bertz CT molecular complexity index is 578. The molecule has 1 aliphatic carbocycles. The van der Waals surface area contributed by atoms with E-state index in [4.69, 9.17) is 9.90 Å². The first-order valence-electron chi connectivity index (χ1n) is 4.75. The second-order valence-electron chi connectivity index (χ2n) is 3.33. The van der Waals surface area contributed by atoms with E-state index in [0.717, 1.165) is 10.4 Å². The number of halogens is 3. The maximum atomic E-state index is 10.9. The van der Waals surface area contributed by atoms with Gasteiger partial charge in [-0.1, -0.05) is 6.08 Å². The predicted octanol–water partition coefficient (Wildman–Crippen LogP) is 0.249. The van der Waals surface area contributed by atoms with Crippen LogP contribution in [-0.4, -0.2) is 28.0 Å². The predicted molar refractivity (Wildman–Crippen MR) is 55.7 cm³/mol. The van der Waals surface area contributed by atoms with E-state index in [1.165, 1.54) is 0 Å². The molecule has 1 heterocycles. The number of carboxylic acid groups (broad SMARTS) is 1. The van der Waals surface area contributed by atoms with Crippen molar-refractivity contribution in [3.8, 4) is 0 Å². The number of Topliss-reactive ketones (excluding diaryl/α,β-unsaturated/α-hetero) is 1. The molecule has 18 heavy (non-hydrogen) atoms. The molecule has 0 amide bonds. The highest BCUT2D eigenvalue weighted by molar-refractivity contribution is 6.09. The summed E-state index contributed by atoms with van der Waals surface area (Å²) in [5.41, 5.74) is 0. The lowest BCUT2D eigenvalue weighted by Crippen LogP contribution is -2.29. The van der Waals surface area contributed by atoms with Crippen LogP contribution < -0.4 is 10.4 Å². The molecule has 7 heteroatoms. The number of rotatable bonds is 0. The molecule has 2 rings (SSSR count). The average molecular weight is 259 g/mol. The summed E-state index contributed by atoms with van der Waals surface area (Å²) in [5.74, 6) is -2.60. The van der Waals surface area contributed by atoms with E-state index in [1.807, 2.05) is 12.1 Å². The van der Waals surface area contributed by atoms with Gasteiger partial charge in [0.25, 0.3) is 0 Å². The molecule has 0 atom stereocenters. The van der Waals surface area contributed by atoms with E-state index in [2.05, 4.69) is 4.98 Å². The summed E-state index contributed by atoms with van der Waals surface area (Å²) in [4.78, 5) is 23.7. The minimum absolute atomic E-state index is 0.158. The number of carboxylic acids is 1. The van der Waals surface area contributed by atoms with Gasteiger partial charge in [0.05, 0.1) is 0 Å². The normalized spacial score (nSPS) is 13.4. The second kappa shape index (κ2) is 5.44. The van der Waals surface area contributed by atoms with Crippen LogP contribution in [0.2, 0.25) is 0 Å². The van der Waals surface area contributed by atoms with E-state index in [9.17, 15) is 18.0 Å². The van der Waals surface area contributed by atoms with Crippen molar-refractivity contribution in [2.45, 2.75) is 12.6 Å². The van der Waals surface area contributed by atoms with Gasteiger partial charge in [-0.15, -0.1) is 0 Å². The van der Waals surface area contributed by atoms with Gasteiger partial charge in [-0.05, 0) is 17.4 Å². The number of hydrogen-bond acceptors (Lipinski definition) is 3. The molecular formula is C11H8F3NO3. The number of aliphatic carboxylic acids is 1. The smallest absolute Gasteiger partial charge is 0.475 e. The van der Waals surface area contributed by atoms with Crippen molar-refractivity contribution >= 4 is 23.9 Å². The summed E-state index contributed by atoms with van der Waals surface area (Å²) in [5, 5.41) is 9.17. The standard InChI is InChI=1S/C9H7NO.C2HF3O2/c11-9-2-1-7-3-4-10-6-8(7)5-9;3-2(4,5)1(6)7/h1,3-6H,2H2;(H,6,7). The monoisotopic (exact) mass is 259 g/mol. The quantitative estimate of drug-likeness (QED) is 0.725. The zero-order valence-corrected chi connectivity index (χ0v) is 8.94. The Morgan fingerprint density at radius 1 is 1.33 bits per heavy atom. The zero-order valence-electron chi connectivity index (χ0n) is 8.94. The van der Waals surface area contributed by atoms with E-state index in [-0.39, 0.29) is 5.78 Å². The molecule has 1 aromatic rings. The van der Waals surface area contributed by atoms with Crippen molar-refractivity contribution in [3.63, 3.8) is 0 Å². The number of hydrogen-bond donors (Lipinski definition) is 1. The molecule has 0 aliphatic heterocycles. The number of alkyl halides is 3. The Morgan fingerprint density at radius 2 is 1.94 bits per heavy atom. The first-order chi connectivity index (χ1) is 8.30. The first-order valence-corrected chi connectivity index (χ1v) is 4.75. The fraction of sp³-hybridized carbons (Fsp3) is 0.182. The van der Waals surface area contributed by atoms with Crippen LogP contribution in [0.25, 0.3) is 12.2 Å². The molecule has 1 aliphatic rings. The maximum absolute atomic E-state index is 10.9. The van der Waals surface area contributed by atoms with Gasteiger partial charge in [0.15, 0.2) is 5.78 Å². The van der Waals surface area contributed by atoms with Gasteiger partial charge in [0, 0.05) is 24.0 Å². The van der Waals surface area contributed by atoms with Gasteiger partial charge >= 0.3 is 12.1 Å². The lowest BCUT2D eigenvalue weighted by molar-refractivity contribution is -0.192. The molecule has 0 radical (unpaired) electrons. The van der Waals surface area contributed by atoms with Gasteiger partial charge in [-0.3, -0.25) is 9.78 Å². The fourth-order valence-electron chi connectivity index (χ4n) is 1.17. The maximum Gasteiger partial charge on any atom is 0.490 e. The Labute approximate surface area is 99.1 Å². The topological polar surface area (TPSA) is 67.3 Å². The van der Waals surface area contributed by atoms with Crippen LogP contribution in [0, 0.1) is 0 Å². The third kappa shape index (κ3) is 4.00. The van der Waals surface area contributed by atoms with Crippen LogP contribution in [0.5, 0.6) is 0 Å². The van der Waals surface area contributed by atoms with Crippen LogP contribution in [0.15, 0.2) is 18.5 Å². The summed E-state index contributed by atoms with van der Waals surface area (Å²) in [6.07, 6.45) is 2.46. The molecule has 0 saturated carbocycles. The van der Waals surface area contributed by atoms with Gasteiger partial charge in [0.1, 0.15) is 0 Å². The lowest BCUT2D eigenvalue weighted by Gasteiger charge is -1.96. The third-order valence-electron chi connectivity index (χ3n) is 1.97. The molecular weight excluding hydrogens is 251 g/mol. The molecule has 0 spiro atoms. The molecule has 1 N–H and O–H groups in total. The van der Waals surface area contributed by atoms with Crippen LogP contribution in [-0.2, 0) is 9.59 Å². The minimum atomic E-state index is -5.08. The SMILES string of the molecule is O=C(O)C(F)(F)F.O=C1C=c2cnccc2=CC1. The van der Waals surface area contributed by atoms with Gasteiger partial charge < -0.3 is 5.11 Å². The molecule has 96 valence electrons. The van der Waals surface area contributed by atoms with E-state index in [0.29, 0.717) is 6.42 Å². The zero-order chi connectivity index (χ0) is 13.8. The van der Waals surface area contributed by atoms with Crippen molar-refractivity contribution in [1.82, 2.24) is 4.98 Å². The van der Waals surface area contributed by atoms with Gasteiger partial charge in [-0.25, -0.2) is 4.79 Å². The second-order valence-corrected chi connectivity index (χ2v) is 3.33. The van der Waals surface area contributed by atoms with Crippen LogP contribution in [0.3, 0.4) is 0 Å². The average Bonchev–Trinajstić information content (AvgIpc) is 2.28. The largest absolute Gasteiger partial charge is 0.490 e. The van der Waals surface area contributed by atoms with Crippen molar-refractivity contribution < 1.29 is 27.9 Å².